The van der Waals surface area contributed by atoms with Gasteiger partial charge >= 0.3 is 5.97 Å². The van der Waals surface area contributed by atoms with Gasteiger partial charge in [-0.05, 0) is 67.1 Å². The molecule has 11 heteroatoms. The third-order valence-corrected chi connectivity index (χ3v) is 7.73. The summed E-state index contributed by atoms with van der Waals surface area (Å²) in [5.74, 6) is -1.06. The minimum atomic E-state index is -3.88. The molecule has 1 heterocycles. The van der Waals surface area contributed by atoms with Gasteiger partial charge in [-0.25, -0.2) is 8.42 Å². The van der Waals surface area contributed by atoms with Gasteiger partial charge in [-0.15, -0.1) is 0 Å². The van der Waals surface area contributed by atoms with Crippen molar-refractivity contribution in [3.63, 3.8) is 0 Å². The highest BCUT2D eigenvalue weighted by molar-refractivity contribution is 7.92. The van der Waals surface area contributed by atoms with E-state index in [0.717, 1.165) is 15.8 Å². The first-order chi connectivity index (χ1) is 16.7. The summed E-state index contributed by atoms with van der Waals surface area (Å²) in [6.07, 6.45) is 0. The van der Waals surface area contributed by atoms with Crippen LogP contribution in [0.3, 0.4) is 0 Å². The maximum atomic E-state index is 13.0. The predicted octanol–water partition coefficient (Wildman–Crippen LogP) is 4.38. The van der Waals surface area contributed by atoms with Crippen LogP contribution in [-0.2, 0) is 26.1 Å². The van der Waals surface area contributed by atoms with Gasteiger partial charge in [0.2, 0.25) is 0 Å². The summed E-state index contributed by atoms with van der Waals surface area (Å²) in [5.41, 5.74) is 2.17. The minimum absolute atomic E-state index is 0.0349. The van der Waals surface area contributed by atoms with Crippen molar-refractivity contribution in [3.8, 4) is 0 Å². The largest absolute Gasteiger partial charge is 0.468 e. The zero-order chi connectivity index (χ0) is 25.2. The number of esters is 1. The summed E-state index contributed by atoms with van der Waals surface area (Å²) in [5, 5.41) is 0.416. The molecular weight excluding hydrogens is 510 g/mol. The van der Waals surface area contributed by atoms with Crippen LogP contribution in [0, 0.1) is 6.92 Å². The first kappa shape index (κ1) is 24.6. The summed E-state index contributed by atoms with van der Waals surface area (Å²) in [6, 6.07) is 17.5. The Labute approximate surface area is 210 Å². The zero-order valence-corrected chi connectivity index (χ0v) is 21.1. The van der Waals surface area contributed by atoms with E-state index in [-0.39, 0.29) is 22.7 Å². The van der Waals surface area contributed by atoms with Crippen molar-refractivity contribution in [1.82, 2.24) is 4.57 Å². The molecule has 3 aromatic carbocycles. The van der Waals surface area contributed by atoms with Crippen LogP contribution in [0.15, 0.2) is 76.6 Å². The van der Waals surface area contributed by atoms with Crippen LogP contribution >= 0.6 is 22.9 Å². The lowest BCUT2D eigenvalue weighted by molar-refractivity contribution is -0.141. The fourth-order valence-electron chi connectivity index (χ4n) is 3.31. The molecule has 8 nitrogen and oxygen atoms in total. The molecule has 4 rings (SSSR count). The van der Waals surface area contributed by atoms with Gasteiger partial charge in [0.05, 0.1) is 22.2 Å². The number of hydrogen-bond donors (Lipinski definition) is 1. The standard InChI is InChI=1S/C24H20ClN3O5S2/c1-15-6-11-20-21(12-15)34-24(28(20)14-22(29)33-2)26-23(30)16-4-3-5-18(13-16)27-35(31,32)19-9-7-17(25)8-10-19/h3-13,27H,14H2,1-2H3. The van der Waals surface area contributed by atoms with Gasteiger partial charge < -0.3 is 9.30 Å². The number of nitrogens with zero attached hydrogens (tertiary/aromatic N) is 2. The van der Waals surface area contributed by atoms with E-state index in [4.69, 9.17) is 16.3 Å². The highest BCUT2D eigenvalue weighted by Crippen LogP contribution is 2.21. The summed E-state index contributed by atoms with van der Waals surface area (Å²) in [6.45, 7) is 1.84. The van der Waals surface area contributed by atoms with Crippen molar-refractivity contribution in [3.05, 3.63) is 87.7 Å². The molecule has 35 heavy (non-hydrogen) atoms. The Morgan fingerprint density at radius 1 is 1.09 bits per heavy atom. The highest BCUT2D eigenvalue weighted by Gasteiger charge is 2.16. The second kappa shape index (κ2) is 10.0. The van der Waals surface area contributed by atoms with Crippen molar-refractivity contribution >= 4 is 60.7 Å². The fourth-order valence-corrected chi connectivity index (χ4v) is 5.61. The van der Waals surface area contributed by atoms with E-state index in [1.807, 2.05) is 25.1 Å². The van der Waals surface area contributed by atoms with E-state index < -0.39 is 21.9 Å². The first-order valence-electron chi connectivity index (χ1n) is 10.3. The van der Waals surface area contributed by atoms with E-state index in [0.29, 0.717) is 9.82 Å². The van der Waals surface area contributed by atoms with Crippen LogP contribution in [0.2, 0.25) is 5.02 Å². The highest BCUT2D eigenvalue weighted by atomic mass is 35.5. The van der Waals surface area contributed by atoms with E-state index in [1.54, 1.807) is 10.6 Å². The van der Waals surface area contributed by atoms with Crippen LogP contribution in [0.25, 0.3) is 10.2 Å². The lowest BCUT2D eigenvalue weighted by Gasteiger charge is -2.09. The topological polar surface area (TPSA) is 107 Å². The number of rotatable bonds is 6. The predicted molar refractivity (Wildman–Crippen MR) is 135 cm³/mol. The SMILES string of the molecule is COC(=O)Cn1c(=NC(=O)c2cccc(NS(=O)(=O)c3ccc(Cl)cc3)c2)sc2cc(C)ccc21. The number of aryl methyl sites for hydroxylation is 1. The van der Waals surface area contributed by atoms with Crippen LogP contribution in [0.1, 0.15) is 15.9 Å². The molecule has 0 atom stereocenters. The summed E-state index contributed by atoms with van der Waals surface area (Å²) < 4.78 is 35.1. The quantitative estimate of drug-likeness (QED) is 0.373. The van der Waals surface area contributed by atoms with Crippen LogP contribution < -0.4 is 9.52 Å². The number of ether oxygens (including phenoxy) is 1. The maximum absolute atomic E-state index is 13.0. The molecule has 0 saturated heterocycles. The number of carbonyl (C=O) groups excluding carboxylic acids is 2. The van der Waals surface area contributed by atoms with Gasteiger partial charge in [-0.3, -0.25) is 14.3 Å². The van der Waals surface area contributed by atoms with Gasteiger partial charge in [-0.1, -0.05) is 35.1 Å². The summed E-state index contributed by atoms with van der Waals surface area (Å²) >= 11 is 7.11. The van der Waals surface area contributed by atoms with Crippen molar-refractivity contribution in [2.45, 2.75) is 18.4 Å². The Hall–Kier alpha value is -3.47. The number of halogens is 1. The van der Waals surface area contributed by atoms with E-state index in [2.05, 4.69) is 9.71 Å². The number of benzene rings is 3. The van der Waals surface area contributed by atoms with Gasteiger partial charge in [0.15, 0.2) is 4.80 Å². The molecule has 1 aromatic heterocycles. The van der Waals surface area contributed by atoms with Crippen molar-refractivity contribution in [2.75, 3.05) is 11.8 Å². The molecule has 180 valence electrons. The third kappa shape index (κ3) is 5.61. The number of thiazole rings is 1. The van der Waals surface area contributed by atoms with Crippen molar-refractivity contribution in [1.29, 1.82) is 0 Å². The van der Waals surface area contributed by atoms with Crippen molar-refractivity contribution in [2.24, 2.45) is 4.99 Å². The Balaban J connectivity index is 1.68. The van der Waals surface area contributed by atoms with Gasteiger partial charge in [0.1, 0.15) is 6.54 Å². The molecule has 0 aliphatic heterocycles. The molecule has 4 aromatic rings. The number of aromatic nitrogens is 1. The third-order valence-electron chi connectivity index (χ3n) is 5.04. The number of amides is 1. The second-order valence-electron chi connectivity index (χ2n) is 7.58. The number of anilines is 1. The van der Waals surface area contributed by atoms with E-state index in [9.17, 15) is 18.0 Å². The number of methoxy groups -OCH3 is 1. The second-order valence-corrected chi connectivity index (χ2v) is 10.7. The minimum Gasteiger partial charge on any atom is -0.468 e. The average molecular weight is 530 g/mol. The maximum Gasteiger partial charge on any atom is 0.325 e. The average Bonchev–Trinajstić information content (AvgIpc) is 3.14. The smallest absolute Gasteiger partial charge is 0.325 e. The Bertz CT molecular complexity index is 1610. The lowest BCUT2D eigenvalue weighted by Crippen LogP contribution is -2.22. The molecule has 0 unspecified atom stereocenters. The number of sulfonamides is 1. The van der Waals surface area contributed by atoms with E-state index >= 15 is 0 Å². The summed E-state index contributed by atoms with van der Waals surface area (Å²) in [7, 11) is -2.59. The van der Waals surface area contributed by atoms with Gasteiger partial charge in [0, 0.05) is 16.3 Å². The molecule has 0 bridgehead atoms. The number of hydrogen-bond acceptors (Lipinski definition) is 6. The molecule has 1 N–H and O–H groups in total. The Morgan fingerprint density at radius 3 is 2.54 bits per heavy atom. The fraction of sp³-hybridized carbons (Fsp3) is 0.125. The number of nitrogens with one attached hydrogen (secondary N) is 1. The van der Waals surface area contributed by atoms with Gasteiger partial charge in [0.25, 0.3) is 15.9 Å². The molecule has 0 fully saturated rings. The normalized spacial score (nSPS) is 12.0. The molecule has 0 aliphatic carbocycles. The van der Waals surface area contributed by atoms with Crippen LogP contribution in [-0.4, -0.2) is 32.0 Å². The van der Waals surface area contributed by atoms with E-state index in [1.165, 1.54) is 60.9 Å². The molecule has 1 amide bonds. The molecular formula is C24H20ClN3O5S2. The zero-order valence-electron chi connectivity index (χ0n) is 18.7. The number of carbonyl (C=O) groups is 2. The van der Waals surface area contributed by atoms with Gasteiger partial charge in [-0.2, -0.15) is 4.99 Å². The van der Waals surface area contributed by atoms with Crippen LogP contribution in [0.5, 0.6) is 0 Å². The molecule has 0 saturated carbocycles. The first-order valence-corrected chi connectivity index (χ1v) is 13.0. The molecule has 0 aliphatic rings. The van der Waals surface area contributed by atoms with Crippen LogP contribution in [0.4, 0.5) is 5.69 Å². The lowest BCUT2D eigenvalue weighted by atomic mass is 10.2. The van der Waals surface area contributed by atoms with Crippen molar-refractivity contribution < 1.29 is 22.7 Å². The Kier molecular flexibility index (Phi) is 7.06. The monoisotopic (exact) mass is 529 g/mol. The Morgan fingerprint density at radius 2 is 1.83 bits per heavy atom. The summed E-state index contributed by atoms with van der Waals surface area (Å²) in [4.78, 5) is 29.6. The molecule has 0 radical (unpaired) electrons. The number of fused-ring (bicyclic) bond motifs is 1. The molecule has 0 spiro atoms.